The van der Waals surface area contributed by atoms with Gasteiger partial charge in [0.25, 0.3) is 0 Å². The van der Waals surface area contributed by atoms with E-state index in [9.17, 15) is 13.2 Å². The van der Waals surface area contributed by atoms with Crippen molar-refractivity contribution < 1.29 is 13.2 Å². The maximum Gasteiger partial charge on any atom is 0.433 e. The molecule has 0 aromatic carbocycles. The summed E-state index contributed by atoms with van der Waals surface area (Å²) in [6.07, 6.45) is -0.0637. The second-order valence-electron chi connectivity index (χ2n) is 5.66. The molecule has 1 spiro atoms. The van der Waals surface area contributed by atoms with Crippen LogP contribution in [-0.4, -0.2) is 18.1 Å². The lowest BCUT2D eigenvalue weighted by atomic mass is 9.93. The monoisotopic (exact) mass is 281 g/mol. The van der Waals surface area contributed by atoms with Crippen molar-refractivity contribution >= 4 is 5.82 Å². The molecule has 106 valence electrons. The van der Waals surface area contributed by atoms with Crippen LogP contribution in [0.5, 0.6) is 0 Å². The first-order valence-electron chi connectivity index (χ1n) is 6.67. The summed E-state index contributed by atoms with van der Waals surface area (Å²) in [6, 6.07) is 4.02. The van der Waals surface area contributed by atoms with Gasteiger partial charge in [0.05, 0.1) is 5.56 Å². The van der Waals surface area contributed by atoms with Crippen LogP contribution in [-0.2, 0) is 6.18 Å². The average molecular weight is 281 g/mol. The minimum atomic E-state index is -4.48. The third-order valence-corrected chi connectivity index (χ3v) is 4.37. The Bertz CT molecular complexity index is 560. The van der Waals surface area contributed by atoms with Crippen LogP contribution in [0.25, 0.3) is 0 Å². The fourth-order valence-electron chi connectivity index (χ4n) is 2.80. The number of piperidine rings is 1. The zero-order chi connectivity index (χ0) is 14.4. The molecular formula is C14H14F3N3. The Morgan fingerprint density at radius 2 is 1.80 bits per heavy atom. The SMILES string of the molecule is N#Cc1ccc(C(F)(F)F)nc1N1CCC2(CC1)CC2. The number of pyridine rings is 1. The summed E-state index contributed by atoms with van der Waals surface area (Å²) in [6.45, 7) is 1.37. The van der Waals surface area contributed by atoms with E-state index in [1.54, 1.807) is 0 Å². The number of hydrogen-bond acceptors (Lipinski definition) is 3. The number of nitrogens with zero attached hydrogens (tertiary/aromatic N) is 3. The largest absolute Gasteiger partial charge is 0.433 e. The van der Waals surface area contributed by atoms with E-state index in [0.717, 1.165) is 18.9 Å². The van der Waals surface area contributed by atoms with Crippen molar-refractivity contribution in [1.82, 2.24) is 4.98 Å². The molecule has 1 aromatic rings. The quantitative estimate of drug-likeness (QED) is 0.792. The summed E-state index contributed by atoms with van der Waals surface area (Å²) in [5, 5.41) is 9.06. The molecule has 0 radical (unpaired) electrons. The van der Waals surface area contributed by atoms with Crippen molar-refractivity contribution in [3.63, 3.8) is 0 Å². The van der Waals surface area contributed by atoms with Crippen LogP contribution in [0, 0.1) is 16.7 Å². The highest BCUT2D eigenvalue weighted by atomic mass is 19.4. The van der Waals surface area contributed by atoms with Gasteiger partial charge in [-0.05, 0) is 43.2 Å². The molecule has 0 N–H and O–H groups in total. The van der Waals surface area contributed by atoms with Crippen LogP contribution in [0.15, 0.2) is 12.1 Å². The second-order valence-corrected chi connectivity index (χ2v) is 5.66. The first-order chi connectivity index (χ1) is 9.43. The van der Waals surface area contributed by atoms with Crippen molar-refractivity contribution in [2.75, 3.05) is 18.0 Å². The number of aromatic nitrogens is 1. The van der Waals surface area contributed by atoms with E-state index in [2.05, 4.69) is 4.98 Å². The van der Waals surface area contributed by atoms with E-state index in [0.29, 0.717) is 18.5 Å². The predicted molar refractivity (Wildman–Crippen MR) is 67.1 cm³/mol. The highest BCUT2D eigenvalue weighted by Crippen LogP contribution is 2.54. The third kappa shape index (κ3) is 2.33. The van der Waals surface area contributed by atoms with E-state index in [4.69, 9.17) is 5.26 Å². The molecule has 3 nitrogen and oxygen atoms in total. The van der Waals surface area contributed by atoms with Gasteiger partial charge in [0.1, 0.15) is 17.6 Å². The molecule has 1 aromatic heterocycles. The minimum absolute atomic E-state index is 0.179. The van der Waals surface area contributed by atoms with Gasteiger partial charge in [-0.1, -0.05) is 0 Å². The highest BCUT2D eigenvalue weighted by Gasteiger charge is 2.45. The molecular weight excluding hydrogens is 267 g/mol. The minimum Gasteiger partial charge on any atom is -0.355 e. The van der Waals surface area contributed by atoms with Gasteiger partial charge in [-0.15, -0.1) is 0 Å². The van der Waals surface area contributed by atoms with E-state index in [-0.39, 0.29) is 11.4 Å². The Kier molecular flexibility index (Phi) is 2.89. The van der Waals surface area contributed by atoms with Gasteiger partial charge in [0, 0.05) is 13.1 Å². The number of nitriles is 1. The summed E-state index contributed by atoms with van der Waals surface area (Å²) >= 11 is 0. The molecule has 0 atom stereocenters. The van der Waals surface area contributed by atoms with Crippen molar-refractivity contribution in [3.05, 3.63) is 23.4 Å². The second kappa shape index (κ2) is 4.37. The Labute approximate surface area is 115 Å². The first-order valence-corrected chi connectivity index (χ1v) is 6.67. The lowest BCUT2D eigenvalue weighted by Gasteiger charge is -2.33. The van der Waals surface area contributed by atoms with Crippen LogP contribution >= 0.6 is 0 Å². The molecule has 2 fully saturated rings. The standard InChI is InChI=1S/C14H14F3N3/c15-14(16,17)11-2-1-10(9-18)12(19-11)20-7-5-13(3-4-13)6-8-20/h1-2H,3-8H2. The van der Waals surface area contributed by atoms with E-state index >= 15 is 0 Å². The summed E-state index contributed by atoms with van der Waals surface area (Å²) in [4.78, 5) is 5.50. The topological polar surface area (TPSA) is 39.9 Å². The molecule has 3 rings (SSSR count). The van der Waals surface area contributed by atoms with Crippen LogP contribution in [0.3, 0.4) is 0 Å². The van der Waals surface area contributed by atoms with Crippen molar-refractivity contribution in [2.24, 2.45) is 5.41 Å². The Morgan fingerprint density at radius 3 is 2.30 bits per heavy atom. The first kappa shape index (κ1) is 13.2. The predicted octanol–water partition coefficient (Wildman–Crippen LogP) is 3.35. The zero-order valence-corrected chi connectivity index (χ0v) is 10.9. The summed E-state index contributed by atoms with van der Waals surface area (Å²) in [5.74, 6) is 0.179. The van der Waals surface area contributed by atoms with E-state index in [1.807, 2.05) is 11.0 Å². The van der Waals surface area contributed by atoms with Gasteiger partial charge in [-0.25, -0.2) is 4.98 Å². The number of rotatable bonds is 1. The van der Waals surface area contributed by atoms with Gasteiger partial charge in [0.2, 0.25) is 0 Å². The van der Waals surface area contributed by atoms with Gasteiger partial charge in [0.15, 0.2) is 0 Å². The Morgan fingerprint density at radius 1 is 1.15 bits per heavy atom. The number of alkyl halides is 3. The average Bonchev–Trinajstić information content (AvgIpc) is 3.17. The maximum absolute atomic E-state index is 12.7. The lowest BCUT2D eigenvalue weighted by molar-refractivity contribution is -0.141. The van der Waals surface area contributed by atoms with Crippen LogP contribution in [0.4, 0.5) is 19.0 Å². The van der Waals surface area contributed by atoms with Gasteiger partial charge >= 0.3 is 6.18 Å². The fraction of sp³-hybridized carbons (Fsp3) is 0.571. The molecule has 1 saturated heterocycles. The fourth-order valence-corrected chi connectivity index (χ4v) is 2.80. The van der Waals surface area contributed by atoms with Crippen LogP contribution < -0.4 is 4.90 Å². The van der Waals surface area contributed by atoms with Gasteiger partial charge in [-0.3, -0.25) is 0 Å². The normalized spacial score (nSPS) is 20.8. The Balaban J connectivity index is 1.89. The molecule has 1 aliphatic heterocycles. The number of halogens is 3. The van der Waals surface area contributed by atoms with E-state index in [1.165, 1.54) is 18.9 Å². The molecule has 1 aliphatic carbocycles. The summed E-state index contributed by atoms with van der Waals surface area (Å²) in [7, 11) is 0. The molecule has 20 heavy (non-hydrogen) atoms. The Hall–Kier alpha value is -1.77. The van der Waals surface area contributed by atoms with E-state index < -0.39 is 11.9 Å². The molecule has 2 heterocycles. The van der Waals surface area contributed by atoms with Crippen molar-refractivity contribution in [3.8, 4) is 6.07 Å². The van der Waals surface area contributed by atoms with Crippen LogP contribution in [0.1, 0.15) is 36.9 Å². The van der Waals surface area contributed by atoms with Gasteiger partial charge in [-0.2, -0.15) is 18.4 Å². The highest BCUT2D eigenvalue weighted by molar-refractivity contribution is 5.55. The van der Waals surface area contributed by atoms with Gasteiger partial charge < -0.3 is 4.90 Å². The molecule has 0 bridgehead atoms. The number of anilines is 1. The van der Waals surface area contributed by atoms with Crippen molar-refractivity contribution in [1.29, 1.82) is 5.26 Å². The zero-order valence-electron chi connectivity index (χ0n) is 10.9. The third-order valence-electron chi connectivity index (χ3n) is 4.37. The van der Waals surface area contributed by atoms with Crippen LogP contribution in [0.2, 0.25) is 0 Å². The lowest BCUT2D eigenvalue weighted by Crippen LogP contribution is -2.35. The molecule has 0 amide bonds. The molecule has 6 heteroatoms. The van der Waals surface area contributed by atoms with Crippen molar-refractivity contribution in [2.45, 2.75) is 31.9 Å². The summed E-state index contributed by atoms with van der Waals surface area (Å²) in [5.41, 5.74) is -0.284. The molecule has 1 saturated carbocycles. The molecule has 2 aliphatic rings. The smallest absolute Gasteiger partial charge is 0.355 e. The number of hydrogen-bond donors (Lipinski definition) is 0. The summed E-state index contributed by atoms with van der Waals surface area (Å²) < 4.78 is 38.2. The maximum atomic E-state index is 12.7. The molecule has 0 unspecified atom stereocenters.